The van der Waals surface area contributed by atoms with Crippen LogP contribution in [0.5, 0.6) is 5.75 Å². The van der Waals surface area contributed by atoms with Gasteiger partial charge in [-0.1, -0.05) is 11.6 Å². The summed E-state index contributed by atoms with van der Waals surface area (Å²) in [5.74, 6) is 0.855. The van der Waals surface area contributed by atoms with Crippen LogP contribution in [0.15, 0.2) is 12.1 Å². The van der Waals surface area contributed by atoms with Crippen molar-refractivity contribution in [3.8, 4) is 17.1 Å². The van der Waals surface area contributed by atoms with E-state index >= 15 is 0 Å². The van der Waals surface area contributed by atoms with Gasteiger partial charge in [-0.25, -0.2) is 14.5 Å². The molecular formula is C27H37N5O5. The summed E-state index contributed by atoms with van der Waals surface area (Å²) in [7, 11) is 3.55. The van der Waals surface area contributed by atoms with E-state index in [4.69, 9.17) is 14.5 Å². The van der Waals surface area contributed by atoms with Crippen molar-refractivity contribution in [2.24, 2.45) is 18.4 Å². The van der Waals surface area contributed by atoms with Gasteiger partial charge in [-0.15, -0.1) is 5.10 Å². The first-order valence-corrected chi connectivity index (χ1v) is 13.4. The van der Waals surface area contributed by atoms with Gasteiger partial charge in [0.05, 0.1) is 22.9 Å². The molecule has 0 unspecified atom stereocenters. The van der Waals surface area contributed by atoms with E-state index in [1.165, 1.54) is 19.3 Å². The highest BCUT2D eigenvalue weighted by atomic mass is 16.6. The van der Waals surface area contributed by atoms with E-state index in [2.05, 4.69) is 10.3 Å². The zero-order chi connectivity index (χ0) is 26.2. The van der Waals surface area contributed by atoms with Gasteiger partial charge in [0.2, 0.25) is 0 Å². The topological polar surface area (TPSA) is 120 Å². The number of nitrogens with zero attached hydrogens (tertiary/aromatic N) is 5. The van der Waals surface area contributed by atoms with Crippen LogP contribution >= 0.6 is 0 Å². The Balaban J connectivity index is 1.30. The van der Waals surface area contributed by atoms with Crippen LogP contribution in [0.4, 0.5) is 4.79 Å². The van der Waals surface area contributed by atoms with Crippen LogP contribution in [0.1, 0.15) is 82.0 Å². The SMILES string of the molecule is CN(CC1CCC1)C(=O)OCc1c(-c2ccc(O[C@H]3CCC[C@](C)(C(=O)O)C3)c(C3CC3)n2)nnn1C. The number of pyridine rings is 1. The number of aliphatic carboxylic acids is 1. The smallest absolute Gasteiger partial charge is 0.409 e. The average Bonchev–Trinajstić information content (AvgIpc) is 3.62. The number of aromatic nitrogens is 4. The van der Waals surface area contributed by atoms with Crippen LogP contribution in [0, 0.1) is 11.3 Å². The van der Waals surface area contributed by atoms with Gasteiger partial charge < -0.3 is 19.5 Å². The number of ether oxygens (including phenoxy) is 2. The fourth-order valence-electron chi connectivity index (χ4n) is 5.36. The van der Waals surface area contributed by atoms with Crippen molar-refractivity contribution < 1.29 is 24.2 Å². The van der Waals surface area contributed by atoms with Crippen molar-refractivity contribution in [2.75, 3.05) is 13.6 Å². The van der Waals surface area contributed by atoms with E-state index in [9.17, 15) is 14.7 Å². The molecule has 3 fully saturated rings. The zero-order valence-corrected chi connectivity index (χ0v) is 22.0. The second kappa shape index (κ2) is 10.3. The molecule has 1 N–H and O–H groups in total. The maximum absolute atomic E-state index is 12.5. The van der Waals surface area contributed by atoms with E-state index in [0.717, 1.165) is 43.7 Å². The van der Waals surface area contributed by atoms with E-state index in [-0.39, 0.29) is 18.8 Å². The molecule has 200 valence electrons. The lowest BCUT2D eigenvalue weighted by Crippen LogP contribution is -2.38. The Morgan fingerprint density at radius 3 is 2.65 bits per heavy atom. The van der Waals surface area contributed by atoms with Crippen molar-refractivity contribution in [1.82, 2.24) is 24.9 Å². The summed E-state index contributed by atoms with van der Waals surface area (Å²) in [6, 6.07) is 3.78. The lowest BCUT2D eigenvalue weighted by atomic mass is 9.74. The van der Waals surface area contributed by atoms with Gasteiger partial charge in [0.25, 0.3) is 0 Å². The molecule has 0 spiro atoms. The van der Waals surface area contributed by atoms with Gasteiger partial charge in [-0.3, -0.25) is 4.79 Å². The molecule has 37 heavy (non-hydrogen) atoms. The van der Waals surface area contributed by atoms with Gasteiger partial charge in [0, 0.05) is 33.0 Å². The van der Waals surface area contributed by atoms with E-state index in [1.54, 1.807) is 23.7 Å². The molecule has 3 saturated carbocycles. The molecule has 2 atom stereocenters. The first-order valence-electron chi connectivity index (χ1n) is 13.4. The quantitative estimate of drug-likeness (QED) is 0.521. The largest absolute Gasteiger partial charge is 0.488 e. The number of carboxylic acids is 1. The van der Waals surface area contributed by atoms with Crippen LogP contribution in [0.2, 0.25) is 0 Å². The number of hydrogen-bond acceptors (Lipinski definition) is 7. The van der Waals surface area contributed by atoms with Crippen LogP contribution in [-0.4, -0.2) is 61.7 Å². The summed E-state index contributed by atoms with van der Waals surface area (Å²) >= 11 is 0. The fourth-order valence-corrected chi connectivity index (χ4v) is 5.36. The summed E-state index contributed by atoms with van der Waals surface area (Å²) in [5.41, 5.74) is 2.05. The monoisotopic (exact) mass is 511 g/mol. The highest BCUT2D eigenvalue weighted by Crippen LogP contribution is 2.45. The van der Waals surface area contributed by atoms with Gasteiger partial charge >= 0.3 is 12.1 Å². The van der Waals surface area contributed by atoms with Crippen LogP contribution in [0.3, 0.4) is 0 Å². The van der Waals surface area contributed by atoms with E-state index < -0.39 is 11.4 Å². The summed E-state index contributed by atoms with van der Waals surface area (Å²) in [5, 5.41) is 18.2. The maximum atomic E-state index is 12.5. The van der Waals surface area contributed by atoms with Gasteiger partial charge in [-0.05, 0) is 69.9 Å². The first-order chi connectivity index (χ1) is 17.7. The lowest BCUT2D eigenvalue weighted by Gasteiger charge is -2.35. The fraction of sp³-hybridized carbons (Fsp3) is 0.667. The van der Waals surface area contributed by atoms with Gasteiger partial charge in [0.15, 0.2) is 0 Å². The summed E-state index contributed by atoms with van der Waals surface area (Å²) < 4.78 is 13.6. The zero-order valence-electron chi connectivity index (χ0n) is 22.0. The predicted octanol–water partition coefficient (Wildman–Crippen LogP) is 4.54. The lowest BCUT2D eigenvalue weighted by molar-refractivity contribution is -0.151. The molecule has 0 aromatic carbocycles. The molecule has 3 aliphatic carbocycles. The minimum Gasteiger partial charge on any atom is -0.488 e. The highest BCUT2D eigenvalue weighted by Gasteiger charge is 2.40. The molecule has 2 heterocycles. The standard InChI is InChI=1S/C27H37N5O5/c1-27(25(33)34)13-5-8-19(14-27)37-22-12-11-20(28-23(22)18-9-10-18)24-21(32(3)30-29-24)16-36-26(35)31(2)15-17-6-4-7-17/h11-12,17-19H,4-10,13-16H2,1-3H3,(H,33,34)/t19-,27-/m0/s1. The van der Waals surface area contributed by atoms with Crippen LogP contribution in [0.25, 0.3) is 11.4 Å². The molecule has 1 amide bonds. The van der Waals surface area contributed by atoms with Crippen molar-refractivity contribution in [3.05, 3.63) is 23.5 Å². The van der Waals surface area contributed by atoms with Crippen molar-refractivity contribution >= 4 is 12.1 Å². The third kappa shape index (κ3) is 5.57. The van der Waals surface area contributed by atoms with Crippen LogP contribution < -0.4 is 4.74 Å². The Morgan fingerprint density at radius 2 is 1.97 bits per heavy atom. The molecule has 0 radical (unpaired) electrons. The van der Waals surface area contributed by atoms with Crippen molar-refractivity contribution in [1.29, 1.82) is 0 Å². The number of carboxylic acid groups (broad SMARTS) is 1. The highest BCUT2D eigenvalue weighted by molar-refractivity contribution is 5.74. The number of carbonyl (C=O) groups is 2. The van der Waals surface area contributed by atoms with Crippen molar-refractivity contribution in [3.63, 3.8) is 0 Å². The number of amides is 1. The number of hydrogen-bond donors (Lipinski definition) is 1. The molecule has 2 aromatic heterocycles. The second-order valence-electron chi connectivity index (χ2n) is 11.3. The minimum atomic E-state index is -0.762. The summed E-state index contributed by atoms with van der Waals surface area (Å²) in [6.07, 6.45) is 7.99. The van der Waals surface area contributed by atoms with E-state index in [0.29, 0.717) is 41.8 Å². The molecule has 2 aromatic rings. The number of aryl methyl sites for hydroxylation is 1. The Morgan fingerprint density at radius 1 is 1.19 bits per heavy atom. The molecule has 0 aliphatic heterocycles. The molecule has 5 rings (SSSR count). The molecule has 10 heteroatoms. The number of rotatable bonds is 9. The third-order valence-corrected chi connectivity index (χ3v) is 8.18. The van der Waals surface area contributed by atoms with Crippen molar-refractivity contribution in [2.45, 2.75) is 83.3 Å². The molecular weight excluding hydrogens is 474 g/mol. The van der Waals surface area contributed by atoms with Gasteiger partial charge in [0.1, 0.15) is 23.7 Å². The van der Waals surface area contributed by atoms with E-state index in [1.807, 2.05) is 19.1 Å². The normalized spacial score (nSPS) is 23.8. The Kier molecular flexibility index (Phi) is 7.09. The molecule has 3 aliphatic rings. The number of carbonyl (C=O) groups excluding carboxylic acids is 1. The summed E-state index contributed by atoms with van der Waals surface area (Å²) in [6.45, 7) is 2.58. The predicted molar refractivity (Wildman–Crippen MR) is 135 cm³/mol. The van der Waals surface area contributed by atoms with Crippen LogP contribution in [-0.2, 0) is 23.2 Å². The Hall–Kier alpha value is -3.17. The van der Waals surface area contributed by atoms with Gasteiger partial charge in [-0.2, -0.15) is 0 Å². The molecule has 0 saturated heterocycles. The molecule has 0 bridgehead atoms. The molecule has 10 nitrogen and oxygen atoms in total. The first kappa shape index (κ1) is 25.5. The Bertz CT molecular complexity index is 1160. The average molecular weight is 512 g/mol. The minimum absolute atomic E-state index is 0.0568. The second-order valence-corrected chi connectivity index (χ2v) is 11.3. The third-order valence-electron chi connectivity index (χ3n) is 8.18. The summed E-state index contributed by atoms with van der Waals surface area (Å²) in [4.78, 5) is 30.9. The Labute approximate surface area is 217 Å². The maximum Gasteiger partial charge on any atom is 0.409 e.